The molecule has 1 atom stereocenters. The number of anilines is 1. The summed E-state index contributed by atoms with van der Waals surface area (Å²) in [6.45, 7) is 3.13. The van der Waals surface area contributed by atoms with Crippen LogP contribution in [0.2, 0.25) is 0 Å². The second kappa shape index (κ2) is 8.08. The van der Waals surface area contributed by atoms with Crippen LogP contribution >= 0.6 is 0 Å². The Morgan fingerprint density at radius 3 is 2.92 bits per heavy atom. The fourth-order valence-electron chi connectivity index (χ4n) is 3.41. The van der Waals surface area contributed by atoms with E-state index in [2.05, 4.69) is 50.9 Å². The molecule has 1 heterocycles. The van der Waals surface area contributed by atoms with Gasteiger partial charge in [-0.15, -0.1) is 0 Å². The lowest BCUT2D eigenvalue weighted by molar-refractivity contribution is 0.415. The highest BCUT2D eigenvalue weighted by Crippen LogP contribution is 2.26. The lowest BCUT2D eigenvalue weighted by Gasteiger charge is -2.21. The van der Waals surface area contributed by atoms with Gasteiger partial charge in [0.05, 0.1) is 7.11 Å². The summed E-state index contributed by atoms with van der Waals surface area (Å²) in [7, 11) is 3.56. The van der Waals surface area contributed by atoms with Crippen molar-refractivity contribution >= 4 is 11.6 Å². The minimum absolute atomic E-state index is 0.494. The molecule has 0 bridgehead atoms. The molecule has 1 aliphatic carbocycles. The van der Waals surface area contributed by atoms with Crippen molar-refractivity contribution in [1.29, 1.82) is 0 Å². The molecule has 130 valence electrons. The van der Waals surface area contributed by atoms with Gasteiger partial charge in [-0.1, -0.05) is 18.2 Å². The van der Waals surface area contributed by atoms with Crippen molar-refractivity contribution in [2.45, 2.75) is 25.3 Å². The third-order valence-corrected chi connectivity index (χ3v) is 4.83. The van der Waals surface area contributed by atoms with E-state index in [1.807, 2.05) is 13.1 Å². The number of nitrogens with zero attached hydrogens (tertiary/aromatic N) is 2. The van der Waals surface area contributed by atoms with Gasteiger partial charge >= 0.3 is 0 Å². The van der Waals surface area contributed by atoms with Crippen molar-refractivity contribution in [3.8, 4) is 5.75 Å². The quantitative estimate of drug-likeness (QED) is 0.495. The van der Waals surface area contributed by atoms with Crippen molar-refractivity contribution in [2.75, 3.05) is 38.7 Å². The molecule has 24 heavy (non-hydrogen) atoms. The Balaban J connectivity index is 1.47. The Morgan fingerprint density at radius 1 is 1.33 bits per heavy atom. The lowest BCUT2D eigenvalue weighted by Crippen LogP contribution is -2.44. The standard InChI is InChI=1S/C19H28N4O/c1-20-19(22-16-6-3-4-7-16)21-13-15-10-11-23(14-15)17-8-5-9-18(12-17)24-2/h3-5,8-9,12,15-16H,6-7,10-11,13-14H2,1-2H3,(H2,20,21,22). The van der Waals surface area contributed by atoms with E-state index in [9.17, 15) is 0 Å². The zero-order chi connectivity index (χ0) is 16.8. The number of hydrogen-bond acceptors (Lipinski definition) is 3. The highest BCUT2D eigenvalue weighted by atomic mass is 16.5. The van der Waals surface area contributed by atoms with Gasteiger partial charge in [0.2, 0.25) is 0 Å². The Labute approximate surface area is 144 Å². The Bertz CT molecular complexity index is 591. The van der Waals surface area contributed by atoms with E-state index in [0.717, 1.165) is 44.2 Å². The van der Waals surface area contributed by atoms with Crippen molar-refractivity contribution in [3.05, 3.63) is 36.4 Å². The van der Waals surface area contributed by atoms with Gasteiger partial charge < -0.3 is 20.3 Å². The summed E-state index contributed by atoms with van der Waals surface area (Å²) in [4.78, 5) is 6.79. The lowest BCUT2D eigenvalue weighted by atomic mass is 10.1. The fraction of sp³-hybridized carbons (Fsp3) is 0.526. The maximum absolute atomic E-state index is 5.33. The zero-order valence-electron chi connectivity index (χ0n) is 14.7. The van der Waals surface area contributed by atoms with Crippen LogP contribution in [0, 0.1) is 5.92 Å². The molecule has 0 saturated carbocycles. The van der Waals surface area contributed by atoms with E-state index < -0.39 is 0 Å². The molecule has 1 aromatic carbocycles. The van der Waals surface area contributed by atoms with Crippen LogP contribution in [0.3, 0.4) is 0 Å². The Morgan fingerprint density at radius 2 is 2.17 bits per heavy atom. The first-order valence-corrected chi connectivity index (χ1v) is 8.79. The second-order valence-electron chi connectivity index (χ2n) is 6.54. The van der Waals surface area contributed by atoms with E-state index in [-0.39, 0.29) is 0 Å². The van der Waals surface area contributed by atoms with Gasteiger partial charge in [0.15, 0.2) is 5.96 Å². The van der Waals surface area contributed by atoms with Crippen molar-refractivity contribution in [2.24, 2.45) is 10.9 Å². The molecule has 1 fully saturated rings. The predicted molar refractivity (Wildman–Crippen MR) is 100.0 cm³/mol. The number of hydrogen-bond donors (Lipinski definition) is 2. The molecule has 1 aliphatic heterocycles. The minimum Gasteiger partial charge on any atom is -0.497 e. The SMILES string of the molecule is CN=C(NCC1CCN(c2cccc(OC)c2)C1)NC1CC=CC1. The van der Waals surface area contributed by atoms with Crippen LogP contribution in [-0.4, -0.2) is 45.8 Å². The van der Waals surface area contributed by atoms with Gasteiger partial charge in [0.25, 0.3) is 0 Å². The van der Waals surface area contributed by atoms with Crippen LogP contribution in [-0.2, 0) is 0 Å². The summed E-state index contributed by atoms with van der Waals surface area (Å²) in [5, 5.41) is 6.99. The molecule has 1 unspecified atom stereocenters. The van der Waals surface area contributed by atoms with Crippen molar-refractivity contribution in [3.63, 3.8) is 0 Å². The first kappa shape index (κ1) is 16.7. The van der Waals surface area contributed by atoms with Crippen molar-refractivity contribution < 1.29 is 4.74 Å². The number of guanidine groups is 1. The number of methoxy groups -OCH3 is 1. The normalized spacial score (nSPS) is 21.3. The predicted octanol–water partition coefficient (Wildman–Crippen LogP) is 2.41. The molecule has 0 aromatic heterocycles. The van der Waals surface area contributed by atoms with Crippen LogP contribution < -0.4 is 20.3 Å². The Hall–Kier alpha value is -2.17. The first-order chi connectivity index (χ1) is 11.8. The smallest absolute Gasteiger partial charge is 0.191 e. The molecular weight excluding hydrogens is 300 g/mol. The molecule has 0 spiro atoms. The fourth-order valence-corrected chi connectivity index (χ4v) is 3.41. The van der Waals surface area contributed by atoms with E-state index in [1.54, 1.807) is 7.11 Å². The molecule has 1 aromatic rings. The summed E-state index contributed by atoms with van der Waals surface area (Å²) >= 11 is 0. The number of nitrogens with one attached hydrogen (secondary N) is 2. The van der Waals surface area contributed by atoms with Crippen LogP contribution in [0.15, 0.2) is 41.4 Å². The molecule has 3 rings (SSSR count). The topological polar surface area (TPSA) is 48.9 Å². The van der Waals surface area contributed by atoms with Crippen LogP contribution in [0.5, 0.6) is 5.75 Å². The molecule has 0 amide bonds. The Kier molecular flexibility index (Phi) is 5.62. The molecule has 5 heteroatoms. The second-order valence-corrected chi connectivity index (χ2v) is 6.54. The van der Waals surface area contributed by atoms with Crippen LogP contribution in [0.4, 0.5) is 5.69 Å². The minimum atomic E-state index is 0.494. The molecule has 1 saturated heterocycles. The average molecular weight is 328 g/mol. The zero-order valence-corrected chi connectivity index (χ0v) is 14.7. The van der Waals surface area contributed by atoms with E-state index in [1.165, 1.54) is 12.1 Å². The monoisotopic (exact) mass is 328 g/mol. The summed E-state index contributed by atoms with van der Waals surface area (Å²) in [6.07, 6.45) is 7.84. The maximum Gasteiger partial charge on any atom is 0.191 e. The van der Waals surface area contributed by atoms with Gasteiger partial charge in [-0.25, -0.2) is 0 Å². The third-order valence-electron chi connectivity index (χ3n) is 4.83. The summed E-state index contributed by atoms with van der Waals surface area (Å²) in [6, 6.07) is 8.82. The summed E-state index contributed by atoms with van der Waals surface area (Å²) in [5.41, 5.74) is 1.25. The molecule has 2 N–H and O–H groups in total. The van der Waals surface area contributed by atoms with E-state index in [4.69, 9.17) is 4.74 Å². The van der Waals surface area contributed by atoms with Gasteiger partial charge in [-0.3, -0.25) is 4.99 Å². The number of benzene rings is 1. The molecule has 2 aliphatic rings. The number of rotatable bonds is 5. The summed E-state index contributed by atoms with van der Waals surface area (Å²) in [5.74, 6) is 2.48. The van der Waals surface area contributed by atoms with E-state index >= 15 is 0 Å². The van der Waals surface area contributed by atoms with Crippen molar-refractivity contribution in [1.82, 2.24) is 10.6 Å². The molecular formula is C19H28N4O. The third kappa shape index (κ3) is 4.22. The summed E-state index contributed by atoms with van der Waals surface area (Å²) < 4.78 is 5.33. The number of ether oxygens (including phenoxy) is 1. The number of aliphatic imine (C=N–C) groups is 1. The largest absolute Gasteiger partial charge is 0.497 e. The molecule has 0 radical (unpaired) electrons. The van der Waals surface area contributed by atoms with Gasteiger partial charge in [-0.05, 0) is 37.3 Å². The maximum atomic E-state index is 5.33. The van der Waals surface area contributed by atoms with Crippen LogP contribution in [0.1, 0.15) is 19.3 Å². The average Bonchev–Trinajstić information content (AvgIpc) is 3.30. The van der Waals surface area contributed by atoms with Gasteiger partial charge in [-0.2, -0.15) is 0 Å². The first-order valence-electron chi connectivity index (χ1n) is 8.79. The van der Waals surface area contributed by atoms with Gasteiger partial charge in [0.1, 0.15) is 5.75 Å². The van der Waals surface area contributed by atoms with Gasteiger partial charge in [0, 0.05) is 44.5 Å². The highest BCUT2D eigenvalue weighted by Gasteiger charge is 2.23. The van der Waals surface area contributed by atoms with E-state index in [0.29, 0.717) is 12.0 Å². The highest BCUT2D eigenvalue weighted by molar-refractivity contribution is 5.80. The van der Waals surface area contributed by atoms with Crippen LogP contribution in [0.25, 0.3) is 0 Å². The molecule has 5 nitrogen and oxygen atoms in total.